The van der Waals surface area contributed by atoms with E-state index in [1.807, 2.05) is 0 Å². The van der Waals surface area contributed by atoms with Crippen LogP contribution < -0.4 is 10.6 Å². The van der Waals surface area contributed by atoms with E-state index < -0.39 is 11.7 Å². The Morgan fingerprint density at radius 2 is 1.88 bits per heavy atom. The van der Waals surface area contributed by atoms with Crippen molar-refractivity contribution in [3.63, 3.8) is 0 Å². The Hall–Kier alpha value is -1.51. The minimum absolute atomic E-state index is 0.193. The Kier molecular flexibility index (Phi) is 7.55. The lowest BCUT2D eigenvalue weighted by Crippen LogP contribution is -2.30. The zero-order valence-electron chi connectivity index (χ0n) is 13.4. The maximum absolute atomic E-state index is 13.5. The van der Waals surface area contributed by atoms with Gasteiger partial charge in [-0.25, -0.2) is 4.39 Å². The van der Waals surface area contributed by atoms with Crippen molar-refractivity contribution < 1.29 is 17.6 Å². The molecule has 0 aromatic heterocycles. The van der Waals surface area contributed by atoms with Gasteiger partial charge < -0.3 is 10.6 Å². The van der Waals surface area contributed by atoms with Crippen LogP contribution in [0.5, 0.6) is 0 Å². The largest absolute Gasteiger partial charge is 0.417 e. The third-order valence-corrected chi connectivity index (χ3v) is 4.86. The van der Waals surface area contributed by atoms with Gasteiger partial charge in [-0.1, -0.05) is 29.8 Å². The van der Waals surface area contributed by atoms with Gasteiger partial charge >= 0.3 is 6.18 Å². The van der Waals surface area contributed by atoms with Crippen molar-refractivity contribution in [1.82, 2.24) is 5.32 Å². The molecule has 0 saturated heterocycles. The number of alkyl halides is 3. The summed E-state index contributed by atoms with van der Waals surface area (Å²) in [6, 6.07) is 10.0. The van der Waals surface area contributed by atoms with E-state index in [2.05, 4.69) is 10.6 Å². The molecule has 0 fully saturated rings. The van der Waals surface area contributed by atoms with E-state index in [1.54, 1.807) is 18.2 Å². The van der Waals surface area contributed by atoms with Gasteiger partial charge in [0.25, 0.3) is 0 Å². The van der Waals surface area contributed by atoms with Crippen LogP contribution in [0.4, 0.5) is 23.2 Å². The van der Waals surface area contributed by atoms with E-state index in [0.29, 0.717) is 23.6 Å². The quantitative estimate of drug-likeness (QED) is 0.353. The van der Waals surface area contributed by atoms with Gasteiger partial charge in [0.1, 0.15) is 5.82 Å². The van der Waals surface area contributed by atoms with Gasteiger partial charge in [0.2, 0.25) is 0 Å². The van der Waals surface area contributed by atoms with Gasteiger partial charge in [0.15, 0.2) is 5.11 Å². The SMILES string of the molecule is Fc1ccccc1CSCCNC(=S)Nc1ccc(Cl)c(C(F)(F)F)c1. The minimum atomic E-state index is -4.53. The minimum Gasteiger partial charge on any atom is -0.362 e. The van der Waals surface area contributed by atoms with Crippen LogP contribution in [0.25, 0.3) is 0 Å². The van der Waals surface area contributed by atoms with Gasteiger partial charge in [-0.05, 0) is 42.0 Å². The Balaban J connectivity index is 1.76. The second kappa shape index (κ2) is 9.43. The fraction of sp³-hybridized carbons (Fsp3) is 0.235. The van der Waals surface area contributed by atoms with E-state index in [-0.39, 0.29) is 21.6 Å². The molecule has 0 aliphatic carbocycles. The molecule has 2 rings (SSSR count). The Bertz CT molecular complexity index is 769. The number of nitrogens with one attached hydrogen (secondary N) is 2. The van der Waals surface area contributed by atoms with Crippen molar-refractivity contribution in [3.05, 3.63) is 64.4 Å². The number of thioether (sulfide) groups is 1. The van der Waals surface area contributed by atoms with Crippen LogP contribution in [-0.2, 0) is 11.9 Å². The van der Waals surface area contributed by atoms with Gasteiger partial charge in [-0.2, -0.15) is 24.9 Å². The smallest absolute Gasteiger partial charge is 0.362 e. The lowest BCUT2D eigenvalue weighted by Gasteiger charge is -2.14. The number of halogens is 5. The van der Waals surface area contributed by atoms with Gasteiger partial charge in [0, 0.05) is 23.7 Å². The molecule has 0 atom stereocenters. The summed E-state index contributed by atoms with van der Waals surface area (Å²) in [5.74, 6) is 0.943. The molecule has 0 heterocycles. The van der Waals surface area contributed by atoms with Crippen molar-refractivity contribution >= 4 is 46.4 Å². The third-order valence-electron chi connectivity index (χ3n) is 3.28. The van der Waals surface area contributed by atoms with Crippen molar-refractivity contribution in [2.75, 3.05) is 17.6 Å². The molecule has 0 aliphatic rings. The molecule has 2 nitrogen and oxygen atoms in total. The van der Waals surface area contributed by atoms with Gasteiger partial charge in [-0.15, -0.1) is 0 Å². The summed E-state index contributed by atoms with van der Waals surface area (Å²) in [5.41, 5.74) is -0.107. The average Bonchev–Trinajstić information content (AvgIpc) is 2.57. The standard InChI is InChI=1S/C17H15ClF4N2S2/c18-14-6-5-12(9-13(14)17(20,21)22)24-16(25)23-7-8-26-10-11-3-1-2-4-15(11)19/h1-6,9H,7-8,10H2,(H2,23,24,25). The van der Waals surface area contributed by atoms with Crippen molar-refractivity contribution in [1.29, 1.82) is 0 Å². The molecular weight excluding hydrogens is 408 g/mol. The summed E-state index contributed by atoms with van der Waals surface area (Å²) in [6.07, 6.45) is -4.53. The highest BCUT2D eigenvalue weighted by Crippen LogP contribution is 2.36. The number of thiocarbonyl (C=S) groups is 1. The molecule has 0 unspecified atom stereocenters. The summed E-state index contributed by atoms with van der Waals surface area (Å²) < 4.78 is 52.0. The summed E-state index contributed by atoms with van der Waals surface area (Å²) >= 11 is 12.2. The maximum atomic E-state index is 13.5. The lowest BCUT2D eigenvalue weighted by molar-refractivity contribution is -0.137. The van der Waals surface area contributed by atoms with Crippen LogP contribution in [0.2, 0.25) is 5.02 Å². The van der Waals surface area contributed by atoms with Crippen LogP contribution in [0.1, 0.15) is 11.1 Å². The van der Waals surface area contributed by atoms with Gasteiger partial charge in [-0.3, -0.25) is 0 Å². The van der Waals surface area contributed by atoms with Crippen LogP contribution in [-0.4, -0.2) is 17.4 Å². The Morgan fingerprint density at radius 1 is 1.15 bits per heavy atom. The van der Waals surface area contributed by atoms with E-state index in [4.69, 9.17) is 23.8 Å². The normalized spacial score (nSPS) is 11.3. The predicted molar refractivity (Wildman–Crippen MR) is 103 cm³/mol. The third kappa shape index (κ3) is 6.34. The van der Waals surface area contributed by atoms with Crippen molar-refractivity contribution in [2.45, 2.75) is 11.9 Å². The summed E-state index contributed by atoms with van der Waals surface area (Å²) in [7, 11) is 0. The molecule has 0 bridgehead atoms. The Morgan fingerprint density at radius 3 is 2.58 bits per heavy atom. The first kappa shape index (κ1) is 20.8. The van der Waals surface area contributed by atoms with Crippen LogP contribution in [0, 0.1) is 5.82 Å². The van der Waals surface area contributed by atoms with E-state index in [1.165, 1.54) is 30.0 Å². The highest BCUT2D eigenvalue weighted by atomic mass is 35.5. The fourth-order valence-corrected chi connectivity index (χ4v) is 3.32. The van der Waals surface area contributed by atoms with Crippen molar-refractivity contribution in [2.24, 2.45) is 0 Å². The first-order valence-electron chi connectivity index (χ1n) is 7.50. The zero-order chi connectivity index (χ0) is 19.2. The summed E-state index contributed by atoms with van der Waals surface area (Å²) in [6.45, 7) is 0.491. The van der Waals surface area contributed by atoms with Crippen LogP contribution in [0.15, 0.2) is 42.5 Å². The molecule has 2 aromatic rings. The molecule has 2 N–H and O–H groups in total. The molecule has 140 valence electrons. The summed E-state index contributed by atoms with van der Waals surface area (Å²) in [4.78, 5) is 0. The molecule has 0 radical (unpaired) electrons. The molecule has 9 heteroatoms. The fourth-order valence-electron chi connectivity index (χ4n) is 2.03. The summed E-state index contributed by atoms with van der Waals surface area (Å²) in [5, 5.41) is 5.42. The highest BCUT2D eigenvalue weighted by Gasteiger charge is 2.33. The van der Waals surface area contributed by atoms with Gasteiger partial charge in [0.05, 0.1) is 10.6 Å². The first-order chi connectivity index (χ1) is 12.3. The van der Waals surface area contributed by atoms with E-state index in [0.717, 1.165) is 6.07 Å². The number of hydrogen-bond acceptors (Lipinski definition) is 2. The highest BCUT2D eigenvalue weighted by molar-refractivity contribution is 7.98. The molecule has 2 aromatic carbocycles. The van der Waals surface area contributed by atoms with E-state index in [9.17, 15) is 17.6 Å². The first-order valence-corrected chi connectivity index (χ1v) is 9.44. The number of rotatable bonds is 6. The molecule has 0 aliphatic heterocycles. The molecule has 0 saturated carbocycles. The lowest BCUT2D eigenvalue weighted by atomic mass is 10.2. The van der Waals surface area contributed by atoms with E-state index >= 15 is 0 Å². The number of benzene rings is 2. The number of hydrogen-bond donors (Lipinski definition) is 2. The van der Waals surface area contributed by atoms with Crippen molar-refractivity contribution in [3.8, 4) is 0 Å². The molecular formula is C17H15ClF4N2S2. The second-order valence-corrected chi connectivity index (χ2v) is 7.14. The second-order valence-electron chi connectivity index (χ2n) is 5.22. The molecule has 0 spiro atoms. The number of anilines is 1. The topological polar surface area (TPSA) is 24.1 Å². The molecule has 26 heavy (non-hydrogen) atoms. The van der Waals surface area contributed by atoms with Crippen LogP contribution >= 0.6 is 35.6 Å². The average molecular weight is 423 g/mol. The Labute approximate surface area is 163 Å². The maximum Gasteiger partial charge on any atom is 0.417 e. The molecule has 0 amide bonds. The van der Waals surface area contributed by atoms with Crippen LogP contribution in [0.3, 0.4) is 0 Å². The zero-order valence-corrected chi connectivity index (χ0v) is 15.8. The predicted octanol–water partition coefficient (Wildman–Crippen LogP) is 5.72. The monoisotopic (exact) mass is 422 g/mol.